The van der Waals surface area contributed by atoms with Crippen LogP contribution in [-0.4, -0.2) is 32.8 Å². The Hall–Kier alpha value is -2.21. The maximum Gasteiger partial charge on any atom is 0.191 e. The third kappa shape index (κ3) is 6.31. The van der Waals surface area contributed by atoms with Crippen molar-refractivity contribution in [2.24, 2.45) is 4.99 Å². The van der Waals surface area contributed by atoms with E-state index in [1.165, 1.54) is 4.88 Å². The lowest BCUT2D eigenvalue weighted by Crippen LogP contribution is -2.38. The van der Waals surface area contributed by atoms with Gasteiger partial charge >= 0.3 is 0 Å². The van der Waals surface area contributed by atoms with Gasteiger partial charge in [-0.05, 0) is 49.4 Å². The maximum atomic E-state index is 5.63. The zero-order valence-electron chi connectivity index (χ0n) is 15.2. The molecule has 0 fully saturated rings. The monoisotopic (exact) mass is 361 g/mol. The van der Waals surface area contributed by atoms with Crippen LogP contribution in [0.15, 0.2) is 40.7 Å². The number of ether oxygens (including phenoxy) is 2. The predicted molar refractivity (Wildman–Crippen MR) is 105 cm³/mol. The molecule has 0 aliphatic rings. The standard InChI is InChI=1S/C19H27N3O2S/c1-4-20-19(21-11-10-16-7-6-12-25-16)22-14-15-8-9-17(23-3)18(13-15)24-5-2/h6-9,12-13H,4-5,10-11,14H2,1-3H3,(H2,20,21,22). The van der Waals surface area contributed by atoms with E-state index in [0.29, 0.717) is 13.2 Å². The van der Waals surface area contributed by atoms with E-state index in [4.69, 9.17) is 9.47 Å². The van der Waals surface area contributed by atoms with Crippen molar-refractivity contribution in [3.8, 4) is 11.5 Å². The van der Waals surface area contributed by atoms with Crippen molar-refractivity contribution in [3.05, 3.63) is 46.2 Å². The Kier molecular flexibility index (Phi) is 8.12. The van der Waals surface area contributed by atoms with E-state index in [9.17, 15) is 0 Å². The Morgan fingerprint density at radius 2 is 2.04 bits per heavy atom. The molecule has 136 valence electrons. The Balaban J connectivity index is 1.96. The lowest BCUT2D eigenvalue weighted by molar-refractivity contribution is 0.310. The molecule has 1 aromatic heterocycles. The number of guanidine groups is 1. The molecule has 0 unspecified atom stereocenters. The van der Waals surface area contributed by atoms with Gasteiger partial charge in [-0.15, -0.1) is 11.3 Å². The van der Waals surface area contributed by atoms with Crippen LogP contribution in [0.2, 0.25) is 0 Å². The number of aliphatic imine (C=N–C) groups is 1. The molecule has 2 rings (SSSR count). The SMILES string of the molecule is CCNC(=NCc1ccc(OC)c(OCC)c1)NCCc1cccs1. The fourth-order valence-electron chi connectivity index (χ4n) is 2.36. The summed E-state index contributed by atoms with van der Waals surface area (Å²) in [6.07, 6.45) is 0.999. The topological polar surface area (TPSA) is 54.9 Å². The minimum absolute atomic E-state index is 0.582. The summed E-state index contributed by atoms with van der Waals surface area (Å²) in [6.45, 7) is 6.91. The maximum absolute atomic E-state index is 5.63. The smallest absolute Gasteiger partial charge is 0.191 e. The summed E-state index contributed by atoms with van der Waals surface area (Å²) in [6, 6.07) is 10.2. The van der Waals surface area contributed by atoms with Crippen molar-refractivity contribution in [2.45, 2.75) is 26.8 Å². The fourth-order valence-corrected chi connectivity index (χ4v) is 3.07. The van der Waals surface area contributed by atoms with Crippen molar-refractivity contribution < 1.29 is 9.47 Å². The first-order valence-electron chi connectivity index (χ1n) is 8.61. The summed E-state index contributed by atoms with van der Waals surface area (Å²) in [5, 5.41) is 8.77. The molecule has 2 aromatic rings. The zero-order chi connectivity index (χ0) is 17.9. The highest BCUT2D eigenvalue weighted by atomic mass is 32.1. The first-order valence-corrected chi connectivity index (χ1v) is 9.49. The van der Waals surface area contributed by atoms with E-state index >= 15 is 0 Å². The Morgan fingerprint density at radius 3 is 2.72 bits per heavy atom. The van der Waals surface area contributed by atoms with E-state index in [0.717, 1.165) is 42.5 Å². The van der Waals surface area contributed by atoms with Crippen LogP contribution in [-0.2, 0) is 13.0 Å². The van der Waals surface area contributed by atoms with Gasteiger partial charge in [0.25, 0.3) is 0 Å². The Labute approximate surface area is 154 Å². The van der Waals surface area contributed by atoms with Gasteiger partial charge in [-0.2, -0.15) is 0 Å². The third-order valence-electron chi connectivity index (χ3n) is 3.54. The van der Waals surface area contributed by atoms with Crippen LogP contribution in [0.25, 0.3) is 0 Å². The molecule has 25 heavy (non-hydrogen) atoms. The van der Waals surface area contributed by atoms with Crippen LogP contribution in [0, 0.1) is 0 Å². The van der Waals surface area contributed by atoms with Crippen LogP contribution in [0.5, 0.6) is 11.5 Å². The highest BCUT2D eigenvalue weighted by Gasteiger charge is 2.05. The molecule has 0 aliphatic heterocycles. The van der Waals surface area contributed by atoms with Crippen LogP contribution >= 0.6 is 11.3 Å². The Bertz CT molecular complexity index is 657. The summed E-state index contributed by atoms with van der Waals surface area (Å²) in [5.41, 5.74) is 1.08. The quantitative estimate of drug-likeness (QED) is 0.531. The lowest BCUT2D eigenvalue weighted by atomic mass is 10.2. The van der Waals surface area contributed by atoms with Gasteiger partial charge in [0.2, 0.25) is 0 Å². The molecule has 0 bridgehead atoms. The minimum Gasteiger partial charge on any atom is -0.493 e. The number of methoxy groups -OCH3 is 1. The first kappa shape index (κ1) is 19.1. The van der Waals surface area contributed by atoms with Gasteiger partial charge in [-0.25, -0.2) is 4.99 Å². The average Bonchev–Trinajstić information content (AvgIpc) is 3.13. The van der Waals surface area contributed by atoms with Crippen LogP contribution in [0.4, 0.5) is 0 Å². The molecule has 5 nitrogen and oxygen atoms in total. The number of hydrogen-bond acceptors (Lipinski definition) is 4. The van der Waals surface area contributed by atoms with Crippen molar-refractivity contribution >= 4 is 17.3 Å². The molecule has 1 aromatic carbocycles. The van der Waals surface area contributed by atoms with Crippen molar-refractivity contribution in [3.63, 3.8) is 0 Å². The zero-order valence-corrected chi connectivity index (χ0v) is 16.0. The van der Waals surface area contributed by atoms with E-state index in [2.05, 4.69) is 40.1 Å². The third-order valence-corrected chi connectivity index (χ3v) is 4.47. The van der Waals surface area contributed by atoms with Gasteiger partial charge in [0.15, 0.2) is 17.5 Å². The van der Waals surface area contributed by atoms with Gasteiger partial charge in [0.05, 0.1) is 20.3 Å². The molecule has 0 radical (unpaired) electrons. The van der Waals surface area contributed by atoms with Gasteiger partial charge in [-0.3, -0.25) is 0 Å². The molecule has 0 aliphatic carbocycles. The van der Waals surface area contributed by atoms with E-state index in [1.807, 2.05) is 25.1 Å². The normalized spacial score (nSPS) is 11.2. The van der Waals surface area contributed by atoms with Gasteiger partial charge < -0.3 is 20.1 Å². The number of hydrogen-bond donors (Lipinski definition) is 2. The molecular formula is C19H27N3O2S. The molecule has 0 spiro atoms. The van der Waals surface area contributed by atoms with Crippen LogP contribution in [0.1, 0.15) is 24.3 Å². The second-order valence-electron chi connectivity index (χ2n) is 5.37. The molecule has 2 N–H and O–H groups in total. The summed E-state index contributed by atoms with van der Waals surface area (Å²) in [4.78, 5) is 6.04. The van der Waals surface area contributed by atoms with Crippen molar-refractivity contribution in [1.29, 1.82) is 0 Å². The minimum atomic E-state index is 0.582. The number of thiophene rings is 1. The van der Waals surface area contributed by atoms with Crippen molar-refractivity contribution in [2.75, 3.05) is 26.8 Å². The van der Waals surface area contributed by atoms with E-state index < -0.39 is 0 Å². The summed E-state index contributed by atoms with van der Waals surface area (Å²) >= 11 is 1.78. The molecule has 0 saturated heterocycles. The van der Waals surface area contributed by atoms with Gasteiger partial charge in [0, 0.05) is 18.0 Å². The van der Waals surface area contributed by atoms with Gasteiger partial charge in [0.1, 0.15) is 0 Å². The predicted octanol–water partition coefficient (Wildman–Crippen LogP) is 3.45. The molecule has 0 amide bonds. The van der Waals surface area contributed by atoms with Crippen LogP contribution in [0.3, 0.4) is 0 Å². The molecule has 6 heteroatoms. The van der Waals surface area contributed by atoms with Gasteiger partial charge in [-0.1, -0.05) is 12.1 Å². The second kappa shape index (κ2) is 10.6. The molecular weight excluding hydrogens is 334 g/mol. The van der Waals surface area contributed by atoms with Crippen molar-refractivity contribution in [1.82, 2.24) is 10.6 Å². The Morgan fingerprint density at radius 1 is 1.16 bits per heavy atom. The first-order chi connectivity index (χ1) is 12.3. The fraction of sp³-hybridized carbons (Fsp3) is 0.421. The lowest BCUT2D eigenvalue weighted by Gasteiger charge is -2.12. The van der Waals surface area contributed by atoms with Crippen LogP contribution < -0.4 is 20.1 Å². The summed E-state index contributed by atoms with van der Waals surface area (Å²) in [5.74, 6) is 2.33. The largest absolute Gasteiger partial charge is 0.493 e. The number of rotatable bonds is 9. The summed E-state index contributed by atoms with van der Waals surface area (Å²) in [7, 11) is 1.65. The number of nitrogens with zero attached hydrogens (tertiary/aromatic N) is 1. The molecule has 1 heterocycles. The van der Waals surface area contributed by atoms with E-state index in [-0.39, 0.29) is 0 Å². The van der Waals surface area contributed by atoms with E-state index in [1.54, 1.807) is 18.4 Å². The average molecular weight is 362 g/mol. The second-order valence-corrected chi connectivity index (χ2v) is 6.40. The molecule has 0 saturated carbocycles. The number of benzene rings is 1. The molecule has 0 atom stereocenters. The summed E-state index contributed by atoms with van der Waals surface area (Å²) < 4.78 is 10.9. The highest BCUT2D eigenvalue weighted by Crippen LogP contribution is 2.28. The highest BCUT2D eigenvalue weighted by molar-refractivity contribution is 7.09. The number of nitrogens with one attached hydrogen (secondary N) is 2.